The van der Waals surface area contributed by atoms with Gasteiger partial charge in [0.05, 0.1) is 16.1 Å². The first-order chi connectivity index (χ1) is 14.8. The summed E-state index contributed by atoms with van der Waals surface area (Å²) < 4.78 is 11.1. The number of non-ortho nitro benzene ring substituents is 1. The lowest BCUT2D eigenvalue weighted by molar-refractivity contribution is -0.384. The second-order valence-electron chi connectivity index (χ2n) is 6.22. The molecule has 0 saturated heterocycles. The topological polar surface area (TPSA) is 113 Å². The number of carbonyl (C=O) groups excluding carboxylic acids is 3. The third-order valence-corrected chi connectivity index (χ3v) is 4.64. The van der Waals surface area contributed by atoms with Crippen molar-refractivity contribution in [3.05, 3.63) is 104 Å². The summed E-state index contributed by atoms with van der Waals surface area (Å²) in [5.41, 5.74) is 0.573. The van der Waals surface area contributed by atoms with Gasteiger partial charge in [-0.05, 0) is 60.7 Å². The fourth-order valence-corrected chi connectivity index (χ4v) is 2.74. The molecule has 0 spiro atoms. The van der Waals surface area contributed by atoms with Gasteiger partial charge in [0.2, 0.25) is 0 Å². The summed E-state index contributed by atoms with van der Waals surface area (Å²) in [6, 6.07) is 17.3. The van der Waals surface area contributed by atoms with Gasteiger partial charge in [0, 0.05) is 22.2 Å². The molecule has 0 bridgehead atoms. The molecule has 3 aromatic rings. The van der Waals surface area contributed by atoms with E-state index in [1.165, 1.54) is 48.5 Å². The molecule has 0 aliphatic rings. The zero-order valence-corrected chi connectivity index (χ0v) is 17.4. The van der Waals surface area contributed by atoms with E-state index in [-0.39, 0.29) is 22.6 Å². The molecule has 0 aromatic heterocycles. The van der Waals surface area contributed by atoms with Crippen LogP contribution in [0.4, 0.5) is 5.69 Å². The molecule has 0 atom stereocenters. The Kier molecular flexibility index (Phi) is 6.88. The van der Waals surface area contributed by atoms with Crippen LogP contribution in [-0.2, 0) is 4.74 Å². The van der Waals surface area contributed by atoms with E-state index in [9.17, 15) is 24.5 Å². The van der Waals surface area contributed by atoms with Gasteiger partial charge < -0.3 is 9.47 Å². The van der Waals surface area contributed by atoms with Crippen LogP contribution in [0.1, 0.15) is 31.1 Å². The average molecular weight is 484 g/mol. The predicted molar refractivity (Wildman–Crippen MR) is 113 cm³/mol. The normalized spacial score (nSPS) is 10.2. The Labute approximate surface area is 184 Å². The van der Waals surface area contributed by atoms with Gasteiger partial charge >= 0.3 is 11.9 Å². The lowest BCUT2D eigenvalue weighted by atomic mass is 10.1. The molecule has 0 unspecified atom stereocenters. The quantitative estimate of drug-likeness (QED) is 0.158. The average Bonchev–Trinajstić information content (AvgIpc) is 2.78. The van der Waals surface area contributed by atoms with Crippen LogP contribution in [0.2, 0.25) is 0 Å². The van der Waals surface area contributed by atoms with Crippen LogP contribution >= 0.6 is 15.9 Å². The van der Waals surface area contributed by atoms with Gasteiger partial charge in [-0.15, -0.1) is 0 Å². The number of Topliss-reactive ketones (excluding diaryl/α,β-unsaturated/α-hetero) is 1. The van der Waals surface area contributed by atoms with Crippen LogP contribution in [0.15, 0.2) is 77.3 Å². The summed E-state index contributed by atoms with van der Waals surface area (Å²) in [6.07, 6.45) is 0. The molecule has 0 aliphatic heterocycles. The van der Waals surface area contributed by atoms with E-state index in [0.29, 0.717) is 5.56 Å². The Hall–Kier alpha value is -3.85. The van der Waals surface area contributed by atoms with Crippen LogP contribution < -0.4 is 4.74 Å². The van der Waals surface area contributed by atoms with Gasteiger partial charge in [-0.2, -0.15) is 0 Å². The molecule has 3 rings (SSSR count). The third kappa shape index (κ3) is 5.83. The molecule has 0 amide bonds. The van der Waals surface area contributed by atoms with Gasteiger partial charge in [0.1, 0.15) is 5.75 Å². The monoisotopic (exact) mass is 483 g/mol. The lowest BCUT2D eigenvalue weighted by Gasteiger charge is -2.07. The van der Waals surface area contributed by atoms with E-state index in [1.54, 1.807) is 24.3 Å². The van der Waals surface area contributed by atoms with Crippen molar-refractivity contribution in [3.8, 4) is 5.75 Å². The molecule has 0 heterocycles. The van der Waals surface area contributed by atoms with Crippen molar-refractivity contribution >= 4 is 39.3 Å². The number of halogens is 1. The molecule has 0 N–H and O–H groups in total. The number of esters is 2. The van der Waals surface area contributed by atoms with Gasteiger partial charge in [0.15, 0.2) is 12.4 Å². The molecule has 0 radical (unpaired) electrons. The van der Waals surface area contributed by atoms with Gasteiger partial charge in [-0.3, -0.25) is 14.9 Å². The maximum atomic E-state index is 12.2. The van der Waals surface area contributed by atoms with E-state index in [1.807, 2.05) is 0 Å². The third-order valence-electron chi connectivity index (χ3n) is 4.11. The van der Waals surface area contributed by atoms with Crippen molar-refractivity contribution in [2.45, 2.75) is 0 Å². The van der Waals surface area contributed by atoms with E-state index < -0.39 is 29.3 Å². The standard InChI is InChI=1S/C22H14BrNO7/c23-17-7-1-16(2-8-17)22(27)31-19-11-5-14(6-12-19)20(25)13-30-21(26)15-3-9-18(10-4-15)24(28)29/h1-12H,13H2. The molecule has 9 heteroatoms. The number of ether oxygens (including phenoxy) is 2. The van der Waals surface area contributed by atoms with E-state index >= 15 is 0 Å². The van der Waals surface area contributed by atoms with Crippen molar-refractivity contribution < 1.29 is 28.8 Å². The van der Waals surface area contributed by atoms with Crippen molar-refractivity contribution in [1.29, 1.82) is 0 Å². The number of benzene rings is 3. The Bertz CT molecular complexity index is 1120. The molecule has 3 aromatic carbocycles. The molecule has 0 aliphatic carbocycles. The van der Waals surface area contributed by atoms with Crippen molar-refractivity contribution in [3.63, 3.8) is 0 Å². The number of nitro groups is 1. The summed E-state index contributed by atoms with van der Waals surface area (Å²) in [5, 5.41) is 10.6. The summed E-state index contributed by atoms with van der Waals surface area (Å²) in [7, 11) is 0. The second kappa shape index (κ2) is 9.77. The predicted octanol–water partition coefficient (Wildman–Crippen LogP) is 4.62. The number of ketones is 1. The summed E-state index contributed by atoms with van der Waals surface area (Å²) in [6.45, 7) is -0.506. The highest BCUT2D eigenvalue weighted by Crippen LogP contribution is 2.17. The molecule has 0 saturated carbocycles. The first kappa shape index (κ1) is 21.8. The van der Waals surface area contributed by atoms with Gasteiger partial charge in [-0.25, -0.2) is 9.59 Å². The number of carbonyl (C=O) groups is 3. The number of nitrogens with zero attached hydrogens (tertiary/aromatic N) is 1. The summed E-state index contributed by atoms with van der Waals surface area (Å²) >= 11 is 3.29. The van der Waals surface area contributed by atoms with E-state index in [2.05, 4.69) is 15.9 Å². The van der Waals surface area contributed by atoms with Crippen molar-refractivity contribution in [2.24, 2.45) is 0 Å². The number of hydrogen-bond donors (Lipinski definition) is 0. The lowest BCUT2D eigenvalue weighted by Crippen LogP contribution is -2.14. The van der Waals surface area contributed by atoms with Crippen LogP contribution in [-0.4, -0.2) is 29.3 Å². The molecule has 0 fully saturated rings. The minimum Gasteiger partial charge on any atom is -0.454 e. The zero-order valence-electron chi connectivity index (χ0n) is 15.8. The summed E-state index contributed by atoms with van der Waals surface area (Å²) in [4.78, 5) is 46.4. The molecule has 8 nitrogen and oxygen atoms in total. The smallest absolute Gasteiger partial charge is 0.343 e. The minimum atomic E-state index is -0.775. The maximum Gasteiger partial charge on any atom is 0.343 e. The fraction of sp³-hybridized carbons (Fsp3) is 0.0455. The van der Waals surface area contributed by atoms with Crippen molar-refractivity contribution in [1.82, 2.24) is 0 Å². The highest BCUT2D eigenvalue weighted by molar-refractivity contribution is 9.10. The first-order valence-electron chi connectivity index (χ1n) is 8.86. The number of rotatable bonds is 7. The van der Waals surface area contributed by atoms with Gasteiger partial charge in [-0.1, -0.05) is 15.9 Å². The first-order valence-corrected chi connectivity index (χ1v) is 9.65. The van der Waals surface area contributed by atoms with Crippen LogP contribution in [0.25, 0.3) is 0 Å². The SMILES string of the molecule is O=C(COC(=O)c1ccc([N+](=O)[O-])cc1)c1ccc(OC(=O)c2ccc(Br)cc2)cc1. The Morgan fingerprint density at radius 1 is 0.774 bits per heavy atom. The largest absolute Gasteiger partial charge is 0.454 e. The Balaban J connectivity index is 1.55. The number of nitro benzene ring substituents is 1. The fourth-order valence-electron chi connectivity index (χ4n) is 2.48. The Morgan fingerprint density at radius 3 is 1.87 bits per heavy atom. The molecule has 156 valence electrons. The van der Waals surface area contributed by atoms with E-state index in [0.717, 1.165) is 4.47 Å². The van der Waals surface area contributed by atoms with Crippen LogP contribution in [0, 0.1) is 10.1 Å². The molecular weight excluding hydrogens is 470 g/mol. The van der Waals surface area contributed by atoms with E-state index in [4.69, 9.17) is 9.47 Å². The van der Waals surface area contributed by atoms with Crippen LogP contribution in [0.5, 0.6) is 5.75 Å². The zero-order chi connectivity index (χ0) is 22.4. The molecular formula is C22H14BrNO7. The highest BCUT2D eigenvalue weighted by atomic mass is 79.9. The van der Waals surface area contributed by atoms with Crippen LogP contribution in [0.3, 0.4) is 0 Å². The molecule has 31 heavy (non-hydrogen) atoms. The summed E-state index contributed by atoms with van der Waals surface area (Å²) in [5.74, 6) is -1.51. The van der Waals surface area contributed by atoms with Gasteiger partial charge in [0.25, 0.3) is 5.69 Å². The highest BCUT2D eigenvalue weighted by Gasteiger charge is 2.14. The maximum absolute atomic E-state index is 12.2. The second-order valence-corrected chi connectivity index (χ2v) is 7.14. The van der Waals surface area contributed by atoms with Crippen molar-refractivity contribution in [2.75, 3.05) is 6.61 Å². The Morgan fingerprint density at radius 2 is 1.29 bits per heavy atom. The number of hydrogen-bond acceptors (Lipinski definition) is 7. The minimum absolute atomic E-state index is 0.0913.